The van der Waals surface area contributed by atoms with Crippen LogP contribution in [-0.4, -0.2) is 39.8 Å². The summed E-state index contributed by atoms with van der Waals surface area (Å²) in [7, 11) is -3.75. The Bertz CT molecular complexity index is 873. The Morgan fingerprint density at radius 1 is 1.19 bits per heavy atom. The van der Waals surface area contributed by atoms with Crippen LogP contribution in [0.1, 0.15) is 6.92 Å². The molecule has 2 aromatic rings. The lowest BCUT2D eigenvalue weighted by molar-refractivity contribution is -0.121. The number of hydrogen-bond acceptors (Lipinski definition) is 4. The number of benzene rings is 2. The summed E-state index contributed by atoms with van der Waals surface area (Å²) in [6.45, 7) is 1.85. The maximum absolute atomic E-state index is 13.1. The summed E-state index contributed by atoms with van der Waals surface area (Å²) in [4.78, 5) is 12.4. The molecule has 1 N–H and O–H groups in total. The Hall–Kier alpha value is -2.32. The van der Waals surface area contributed by atoms with Crippen LogP contribution in [0.2, 0.25) is 5.02 Å². The van der Waals surface area contributed by atoms with Crippen molar-refractivity contribution >= 4 is 33.2 Å². The monoisotopic (exact) mass is 414 g/mol. The van der Waals surface area contributed by atoms with E-state index in [0.29, 0.717) is 10.8 Å². The summed E-state index contributed by atoms with van der Waals surface area (Å²) >= 11 is 5.79. The zero-order valence-electron chi connectivity index (χ0n) is 14.9. The van der Waals surface area contributed by atoms with Crippen LogP contribution >= 0.6 is 11.6 Å². The molecule has 0 aliphatic carbocycles. The van der Waals surface area contributed by atoms with Gasteiger partial charge in [-0.25, -0.2) is 12.8 Å². The molecule has 0 bridgehead atoms. The minimum atomic E-state index is -3.75. The largest absolute Gasteiger partial charge is 0.492 e. The van der Waals surface area contributed by atoms with Gasteiger partial charge in [-0.15, -0.1) is 0 Å². The van der Waals surface area contributed by atoms with Gasteiger partial charge in [0.05, 0.1) is 18.5 Å². The number of rotatable bonds is 8. The summed E-state index contributed by atoms with van der Waals surface area (Å²) in [6, 6.07) is 10.7. The van der Waals surface area contributed by atoms with E-state index in [2.05, 4.69) is 5.32 Å². The van der Waals surface area contributed by atoms with Crippen molar-refractivity contribution in [1.82, 2.24) is 5.32 Å². The Morgan fingerprint density at radius 3 is 2.33 bits per heavy atom. The molecular formula is C18H20ClFN2O4S. The van der Waals surface area contributed by atoms with Gasteiger partial charge in [0.1, 0.15) is 24.2 Å². The van der Waals surface area contributed by atoms with Crippen LogP contribution in [0.5, 0.6) is 5.75 Å². The number of anilines is 1. The number of hydrogen-bond donors (Lipinski definition) is 1. The van der Waals surface area contributed by atoms with E-state index in [-0.39, 0.29) is 18.8 Å². The first-order valence-electron chi connectivity index (χ1n) is 8.09. The van der Waals surface area contributed by atoms with E-state index in [9.17, 15) is 17.6 Å². The van der Waals surface area contributed by atoms with Crippen molar-refractivity contribution in [2.75, 3.05) is 23.7 Å². The summed E-state index contributed by atoms with van der Waals surface area (Å²) in [6.07, 6.45) is 0.990. The third-order valence-corrected chi connectivity index (χ3v) is 5.15. The zero-order valence-corrected chi connectivity index (χ0v) is 16.4. The molecule has 2 aromatic carbocycles. The zero-order chi connectivity index (χ0) is 20.0. The molecule has 0 aromatic heterocycles. The average Bonchev–Trinajstić information content (AvgIpc) is 2.60. The van der Waals surface area contributed by atoms with Crippen molar-refractivity contribution in [3.8, 4) is 5.75 Å². The van der Waals surface area contributed by atoms with E-state index in [1.807, 2.05) is 0 Å². The molecule has 0 saturated heterocycles. The SMILES string of the molecule is C[C@H](C(=O)NCCOc1ccc(Cl)cc1)N(c1ccc(F)cc1)S(C)(=O)=O. The molecule has 2 rings (SSSR count). The second-order valence-electron chi connectivity index (χ2n) is 5.80. The molecule has 1 amide bonds. The predicted octanol–water partition coefficient (Wildman–Crippen LogP) is 2.83. The Balaban J connectivity index is 1.96. The normalized spacial score (nSPS) is 12.3. The highest BCUT2D eigenvalue weighted by Gasteiger charge is 2.28. The lowest BCUT2D eigenvalue weighted by Crippen LogP contribution is -2.48. The first-order chi connectivity index (χ1) is 12.7. The summed E-state index contributed by atoms with van der Waals surface area (Å²) < 4.78 is 43.8. The van der Waals surface area contributed by atoms with Gasteiger partial charge in [0.25, 0.3) is 0 Å². The lowest BCUT2D eigenvalue weighted by Gasteiger charge is -2.28. The summed E-state index contributed by atoms with van der Waals surface area (Å²) in [5.74, 6) is -0.390. The van der Waals surface area contributed by atoms with Crippen LogP contribution in [0.15, 0.2) is 48.5 Å². The van der Waals surface area contributed by atoms with Gasteiger partial charge in [-0.2, -0.15) is 0 Å². The fraction of sp³-hybridized carbons (Fsp3) is 0.278. The molecule has 0 saturated carbocycles. The van der Waals surface area contributed by atoms with Gasteiger partial charge in [-0.05, 0) is 55.5 Å². The fourth-order valence-electron chi connectivity index (χ4n) is 2.42. The third kappa shape index (κ3) is 6.11. The van der Waals surface area contributed by atoms with E-state index in [0.717, 1.165) is 22.7 Å². The highest BCUT2D eigenvalue weighted by molar-refractivity contribution is 7.92. The molecule has 0 heterocycles. The highest BCUT2D eigenvalue weighted by Crippen LogP contribution is 2.21. The van der Waals surface area contributed by atoms with Crippen LogP contribution in [0.3, 0.4) is 0 Å². The van der Waals surface area contributed by atoms with Crippen LogP contribution in [0.25, 0.3) is 0 Å². The van der Waals surface area contributed by atoms with E-state index in [4.69, 9.17) is 16.3 Å². The standard InChI is InChI=1S/C18H20ClFN2O4S/c1-13(22(27(2,24)25)16-7-5-15(20)6-8-16)18(23)21-11-12-26-17-9-3-14(19)4-10-17/h3-10,13H,11-12H2,1-2H3,(H,21,23)/t13-/m1/s1. The van der Waals surface area contributed by atoms with Gasteiger partial charge in [0.2, 0.25) is 15.9 Å². The Kier molecular flexibility index (Phi) is 7.04. The van der Waals surface area contributed by atoms with Crippen LogP contribution in [0.4, 0.5) is 10.1 Å². The van der Waals surface area contributed by atoms with Crippen LogP contribution < -0.4 is 14.4 Å². The number of amides is 1. The molecule has 0 aliphatic heterocycles. The Morgan fingerprint density at radius 2 is 1.78 bits per heavy atom. The van der Waals surface area contributed by atoms with Crippen LogP contribution in [0, 0.1) is 5.82 Å². The molecule has 146 valence electrons. The van der Waals surface area contributed by atoms with Crippen molar-refractivity contribution in [3.63, 3.8) is 0 Å². The number of ether oxygens (including phenoxy) is 1. The third-order valence-electron chi connectivity index (χ3n) is 3.65. The van der Waals surface area contributed by atoms with Crippen molar-refractivity contribution in [3.05, 3.63) is 59.4 Å². The topological polar surface area (TPSA) is 75.7 Å². The van der Waals surface area contributed by atoms with Crippen molar-refractivity contribution in [1.29, 1.82) is 0 Å². The van der Waals surface area contributed by atoms with Gasteiger partial charge in [0, 0.05) is 5.02 Å². The molecule has 1 atom stereocenters. The average molecular weight is 415 g/mol. The van der Waals surface area contributed by atoms with Crippen molar-refractivity contribution < 1.29 is 22.3 Å². The molecule has 6 nitrogen and oxygen atoms in total. The molecule has 0 spiro atoms. The molecule has 0 fully saturated rings. The van der Waals surface area contributed by atoms with Crippen LogP contribution in [-0.2, 0) is 14.8 Å². The number of carbonyl (C=O) groups is 1. The molecule has 0 unspecified atom stereocenters. The van der Waals surface area contributed by atoms with Crippen molar-refractivity contribution in [2.24, 2.45) is 0 Å². The molecule has 0 radical (unpaired) electrons. The van der Waals surface area contributed by atoms with Gasteiger partial charge in [-0.3, -0.25) is 9.10 Å². The number of carbonyl (C=O) groups excluding carboxylic acids is 1. The van der Waals surface area contributed by atoms with Crippen molar-refractivity contribution in [2.45, 2.75) is 13.0 Å². The quantitative estimate of drug-likeness (QED) is 0.674. The van der Waals surface area contributed by atoms with Gasteiger partial charge < -0.3 is 10.1 Å². The van der Waals surface area contributed by atoms with E-state index in [1.54, 1.807) is 24.3 Å². The van der Waals surface area contributed by atoms with Gasteiger partial charge >= 0.3 is 0 Å². The predicted molar refractivity (Wildman–Crippen MR) is 103 cm³/mol. The first-order valence-corrected chi connectivity index (χ1v) is 10.3. The molecular weight excluding hydrogens is 395 g/mol. The maximum atomic E-state index is 13.1. The number of sulfonamides is 1. The number of nitrogens with one attached hydrogen (secondary N) is 1. The highest BCUT2D eigenvalue weighted by atomic mass is 35.5. The summed E-state index contributed by atoms with van der Waals surface area (Å²) in [5, 5.41) is 3.22. The molecule has 27 heavy (non-hydrogen) atoms. The number of halogens is 2. The van der Waals surface area contributed by atoms with Gasteiger partial charge in [-0.1, -0.05) is 11.6 Å². The fourth-order valence-corrected chi connectivity index (χ4v) is 3.72. The minimum absolute atomic E-state index is 0.187. The van der Waals surface area contributed by atoms with E-state index in [1.165, 1.54) is 19.1 Å². The number of nitrogens with zero attached hydrogens (tertiary/aromatic N) is 1. The minimum Gasteiger partial charge on any atom is -0.492 e. The van der Waals surface area contributed by atoms with E-state index < -0.39 is 27.8 Å². The smallest absolute Gasteiger partial charge is 0.243 e. The van der Waals surface area contributed by atoms with E-state index >= 15 is 0 Å². The molecule has 9 heteroatoms. The first kappa shape index (κ1) is 21.0. The molecule has 0 aliphatic rings. The summed E-state index contributed by atoms with van der Waals surface area (Å²) in [5.41, 5.74) is 0.207. The Labute approximate surface area is 162 Å². The van der Waals surface area contributed by atoms with Gasteiger partial charge in [0.15, 0.2) is 0 Å². The second kappa shape index (κ2) is 9.05. The lowest BCUT2D eigenvalue weighted by atomic mass is 10.2. The second-order valence-corrected chi connectivity index (χ2v) is 8.10. The maximum Gasteiger partial charge on any atom is 0.243 e.